The first-order valence-electron chi connectivity index (χ1n) is 7.57. The van der Waals surface area contributed by atoms with E-state index in [9.17, 15) is 8.42 Å². The predicted molar refractivity (Wildman–Crippen MR) is 95.8 cm³/mol. The standard InChI is InChI=1S/C16H22ClN3O2S/c1-16(2)11-19(7-8-20(16)23(4,21)22)15-10-12(17)9-14-13(15)5-6-18(14)3/h5-6,9-10H,7-8,11H2,1-4H3. The molecule has 0 aliphatic carbocycles. The lowest BCUT2D eigenvalue weighted by molar-refractivity contribution is 0.206. The summed E-state index contributed by atoms with van der Waals surface area (Å²) in [5.41, 5.74) is 1.68. The summed E-state index contributed by atoms with van der Waals surface area (Å²) in [5.74, 6) is 0. The zero-order valence-corrected chi connectivity index (χ0v) is 15.4. The lowest BCUT2D eigenvalue weighted by Gasteiger charge is -2.46. The highest BCUT2D eigenvalue weighted by atomic mass is 35.5. The van der Waals surface area contributed by atoms with Crippen molar-refractivity contribution in [1.29, 1.82) is 0 Å². The number of piperazine rings is 1. The Morgan fingerprint density at radius 3 is 2.52 bits per heavy atom. The molecule has 2 heterocycles. The smallest absolute Gasteiger partial charge is 0.211 e. The highest BCUT2D eigenvalue weighted by molar-refractivity contribution is 7.88. The maximum Gasteiger partial charge on any atom is 0.211 e. The number of fused-ring (bicyclic) bond motifs is 1. The molecule has 0 bridgehead atoms. The van der Waals surface area contributed by atoms with Gasteiger partial charge in [0, 0.05) is 54.5 Å². The van der Waals surface area contributed by atoms with Gasteiger partial charge in [0.1, 0.15) is 0 Å². The van der Waals surface area contributed by atoms with Crippen molar-refractivity contribution in [2.24, 2.45) is 7.05 Å². The van der Waals surface area contributed by atoms with Gasteiger partial charge in [-0.1, -0.05) is 11.6 Å². The Morgan fingerprint density at radius 2 is 1.91 bits per heavy atom. The molecule has 0 atom stereocenters. The molecule has 23 heavy (non-hydrogen) atoms. The number of benzene rings is 1. The third-order valence-electron chi connectivity index (χ3n) is 4.51. The van der Waals surface area contributed by atoms with E-state index in [1.54, 1.807) is 4.31 Å². The Kier molecular flexibility index (Phi) is 3.90. The van der Waals surface area contributed by atoms with Crippen LogP contribution in [0.2, 0.25) is 5.02 Å². The molecule has 7 heteroatoms. The fraction of sp³-hybridized carbons (Fsp3) is 0.500. The lowest BCUT2D eigenvalue weighted by atomic mass is 10.0. The van der Waals surface area contributed by atoms with Crippen LogP contribution < -0.4 is 4.90 Å². The largest absolute Gasteiger partial charge is 0.368 e. The summed E-state index contributed by atoms with van der Waals surface area (Å²) >= 11 is 6.30. The third-order valence-corrected chi connectivity index (χ3v) is 6.21. The van der Waals surface area contributed by atoms with E-state index >= 15 is 0 Å². The summed E-state index contributed by atoms with van der Waals surface area (Å²) < 4.78 is 27.6. The van der Waals surface area contributed by atoms with Gasteiger partial charge < -0.3 is 9.47 Å². The van der Waals surface area contributed by atoms with Crippen molar-refractivity contribution in [3.63, 3.8) is 0 Å². The molecule has 0 N–H and O–H groups in total. The van der Waals surface area contributed by atoms with E-state index < -0.39 is 15.6 Å². The first-order chi connectivity index (χ1) is 10.6. The van der Waals surface area contributed by atoms with Gasteiger partial charge in [-0.3, -0.25) is 0 Å². The molecule has 1 saturated heterocycles. The molecule has 126 valence electrons. The third kappa shape index (κ3) is 2.95. The van der Waals surface area contributed by atoms with Gasteiger partial charge in [0.05, 0.1) is 11.8 Å². The average Bonchev–Trinajstić information content (AvgIpc) is 2.77. The van der Waals surface area contributed by atoms with Crippen LogP contribution in [0.1, 0.15) is 13.8 Å². The van der Waals surface area contributed by atoms with E-state index in [-0.39, 0.29) is 0 Å². The van der Waals surface area contributed by atoms with Crippen molar-refractivity contribution >= 4 is 38.2 Å². The minimum Gasteiger partial charge on any atom is -0.368 e. The molecule has 1 aromatic heterocycles. The van der Waals surface area contributed by atoms with Gasteiger partial charge in [-0.25, -0.2) is 8.42 Å². The fourth-order valence-electron chi connectivity index (χ4n) is 3.54. The average molecular weight is 356 g/mol. The molecule has 0 unspecified atom stereocenters. The van der Waals surface area contributed by atoms with Crippen molar-refractivity contribution in [3.05, 3.63) is 29.4 Å². The van der Waals surface area contributed by atoms with Crippen molar-refractivity contribution in [3.8, 4) is 0 Å². The highest BCUT2D eigenvalue weighted by Crippen LogP contribution is 2.35. The number of anilines is 1. The molecule has 0 amide bonds. The number of nitrogens with zero attached hydrogens (tertiary/aromatic N) is 3. The van der Waals surface area contributed by atoms with Crippen molar-refractivity contribution < 1.29 is 8.42 Å². The van der Waals surface area contributed by atoms with E-state index in [0.717, 1.165) is 16.6 Å². The van der Waals surface area contributed by atoms with E-state index in [1.165, 1.54) is 6.26 Å². The highest BCUT2D eigenvalue weighted by Gasteiger charge is 2.39. The number of halogens is 1. The molecule has 1 aliphatic heterocycles. The summed E-state index contributed by atoms with van der Waals surface area (Å²) in [5, 5.41) is 1.83. The van der Waals surface area contributed by atoms with Gasteiger partial charge in [0.25, 0.3) is 0 Å². The number of rotatable bonds is 2. The van der Waals surface area contributed by atoms with E-state index in [0.29, 0.717) is 24.7 Å². The number of aromatic nitrogens is 1. The number of sulfonamides is 1. The normalized spacial score (nSPS) is 19.4. The quantitative estimate of drug-likeness (QED) is 0.832. The van der Waals surface area contributed by atoms with Crippen LogP contribution in [-0.4, -0.2) is 48.7 Å². The van der Waals surface area contributed by atoms with E-state index in [1.807, 2.05) is 43.8 Å². The summed E-state index contributed by atoms with van der Waals surface area (Å²) in [6.45, 7) is 5.69. The maximum atomic E-state index is 12.0. The second-order valence-electron chi connectivity index (χ2n) is 6.85. The molecule has 1 aromatic carbocycles. The van der Waals surface area contributed by atoms with Crippen LogP contribution in [0.15, 0.2) is 24.4 Å². The summed E-state index contributed by atoms with van der Waals surface area (Å²) in [4.78, 5) is 2.23. The van der Waals surface area contributed by atoms with E-state index in [2.05, 4.69) is 11.0 Å². The Hall–Kier alpha value is -1.24. The molecule has 1 fully saturated rings. The van der Waals surface area contributed by atoms with Crippen LogP contribution in [0, 0.1) is 0 Å². The minimum absolute atomic E-state index is 0.463. The van der Waals surface area contributed by atoms with Gasteiger partial charge in [-0.2, -0.15) is 4.31 Å². The zero-order chi connectivity index (χ0) is 17.0. The van der Waals surface area contributed by atoms with Crippen LogP contribution >= 0.6 is 11.6 Å². The number of aryl methyl sites for hydroxylation is 1. The summed E-state index contributed by atoms with van der Waals surface area (Å²) in [6.07, 6.45) is 3.29. The second kappa shape index (κ2) is 5.40. The van der Waals surface area contributed by atoms with Crippen LogP contribution in [-0.2, 0) is 17.1 Å². The Morgan fingerprint density at radius 1 is 1.22 bits per heavy atom. The molecular weight excluding hydrogens is 334 g/mol. The Balaban J connectivity index is 2.02. The van der Waals surface area contributed by atoms with Gasteiger partial charge >= 0.3 is 0 Å². The van der Waals surface area contributed by atoms with E-state index in [4.69, 9.17) is 11.6 Å². The predicted octanol–water partition coefficient (Wildman–Crippen LogP) is 2.69. The van der Waals surface area contributed by atoms with Crippen molar-refractivity contribution in [2.75, 3.05) is 30.8 Å². The van der Waals surface area contributed by atoms with Crippen LogP contribution in [0.5, 0.6) is 0 Å². The topological polar surface area (TPSA) is 45.5 Å². The number of hydrogen-bond donors (Lipinski definition) is 0. The molecule has 0 spiro atoms. The second-order valence-corrected chi connectivity index (χ2v) is 9.20. The maximum absolute atomic E-state index is 12.0. The fourth-order valence-corrected chi connectivity index (χ4v) is 5.12. The first kappa shape index (κ1) is 16.6. The van der Waals surface area contributed by atoms with Gasteiger partial charge in [0.2, 0.25) is 10.0 Å². The molecule has 2 aromatic rings. The van der Waals surface area contributed by atoms with Crippen LogP contribution in [0.25, 0.3) is 10.9 Å². The molecule has 1 aliphatic rings. The molecule has 3 rings (SSSR count). The van der Waals surface area contributed by atoms with Gasteiger partial charge in [-0.05, 0) is 32.0 Å². The zero-order valence-electron chi connectivity index (χ0n) is 13.9. The summed E-state index contributed by atoms with van der Waals surface area (Å²) in [7, 11) is -1.22. The van der Waals surface area contributed by atoms with Crippen molar-refractivity contribution in [2.45, 2.75) is 19.4 Å². The lowest BCUT2D eigenvalue weighted by Crippen LogP contribution is -2.60. The Bertz CT molecular complexity index is 858. The SMILES string of the molecule is Cn1ccc2c(N3CCN(S(C)(=O)=O)C(C)(C)C3)cc(Cl)cc21. The first-order valence-corrected chi connectivity index (χ1v) is 9.79. The molecular formula is C16H22ClN3O2S. The van der Waals surface area contributed by atoms with Gasteiger partial charge in [0.15, 0.2) is 0 Å². The number of hydrogen-bond acceptors (Lipinski definition) is 3. The molecule has 0 saturated carbocycles. The van der Waals surface area contributed by atoms with Crippen LogP contribution in [0.3, 0.4) is 0 Å². The van der Waals surface area contributed by atoms with Crippen molar-refractivity contribution in [1.82, 2.24) is 8.87 Å². The summed E-state index contributed by atoms with van der Waals surface area (Å²) in [6, 6.07) is 6.01. The van der Waals surface area contributed by atoms with Crippen LogP contribution in [0.4, 0.5) is 5.69 Å². The van der Waals surface area contributed by atoms with Gasteiger partial charge in [-0.15, -0.1) is 0 Å². The minimum atomic E-state index is -3.21. The Labute approximate surface area is 142 Å². The molecule has 5 nitrogen and oxygen atoms in total. The monoisotopic (exact) mass is 355 g/mol. The molecule has 0 radical (unpaired) electrons.